The molecule has 14 heavy (non-hydrogen) atoms. The van der Waals surface area contributed by atoms with Crippen molar-refractivity contribution in [3.63, 3.8) is 0 Å². The lowest BCUT2D eigenvalue weighted by Crippen LogP contribution is -2.11. The second-order valence-corrected chi connectivity index (χ2v) is 4.00. The summed E-state index contributed by atoms with van der Waals surface area (Å²) in [5.74, 6) is 0.360. The van der Waals surface area contributed by atoms with Crippen LogP contribution in [0.5, 0.6) is 5.75 Å². The van der Waals surface area contributed by atoms with Gasteiger partial charge in [0.25, 0.3) is 0 Å². The molecule has 0 aromatic heterocycles. The van der Waals surface area contributed by atoms with Gasteiger partial charge in [0.05, 0.1) is 11.6 Å². The Morgan fingerprint density at radius 3 is 2.71 bits per heavy atom. The molecule has 4 heteroatoms. The van der Waals surface area contributed by atoms with Crippen molar-refractivity contribution in [3.05, 3.63) is 28.0 Å². The van der Waals surface area contributed by atoms with Gasteiger partial charge in [-0.2, -0.15) is 0 Å². The molecule has 0 radical (unpaired) electrons. The normalized spacial score (nSPS) is 12.6. The van der Waals surface area contributed by atoms with Crippen LogP contribution in [0.1, 0.15) is 18.4 Å². The molecule has 1 rings (SSSR count). The highest BCUT2D eigenvalue weighted by Gasteiger charge is 2.14. The number of hydrogen-bond acceptors (Lipinski definition) is 2. The first-order valence-electron chi connectivity index (χ1n) is 4.33. The number of rotatable bonds is 3. The zero-order valence-electron chi connectivity index (χ0n) is 8.18. The van der Waals surface area contributed by atoms with Gasteiger partial charge in [0.15, 0.2) is 0 Å². The Morgan fingerprint density at radius 1 is 1.57 bits per heavy atom. The van der Waals surface area contributed by atoms with Crippen molar-refractivity contribution in [1.82, 2.24) is 0 Å². The van der Waals surface area contributed by atoms with E-state index in [4.69, 9.17) is 10.5 Å². The van der Waals surface area contributed by atoms with E-state index in [1.807, 2.05) is 6.92 Å². The molecule has 0 spiro atoms. The average Bonchev–Trinajstić information content (AvgIpc) is 2.20. The van der Waals surface area contributed by atoms with E-state index in [2.05, 4.69) is 15.9 Å². The first kappa shape index (κ1) is 11.5. The zero-order chi connectivity index (χ0) is 10.7. The topological polar surface area (TPSA) is 35.2 Å². The van der Waals surface area contributed by atoms with Crippen molar-refractivity contribution in [2.45, 2.75) is 12.8 Å². The summed E-state index contributed by atoms with van der Waals surface area (Å²) >= 11 is 3.14. The van der Waals surface area contributed by atoms with Gasteiger partial charge in [-0.05, 0) is 46.1 Å². The highest BCUT2D eigenvalue weighted by molar-refractivity contribution is 9.10. The van der Waals surface area contributed by atoms with Gasteiger partial charge in [0, 0.05) is 0 Å². The first-order valence-corrected chi connectivity index (χ1v) is 5.12. The molecule has 78 valence electrons. The molecule has 2 N–H and O–H groups in total. The Bertz CT molecular complexity index is 330. The van der Waals surface area contributed by atoms with Crippen molar-refractivity contribution in [2.24, 2.45) is 5.73 Å². The van der Waals surface area contributed by atoms with Crippen LogP contribution in [-0.4, -0.2) is 13.7 Å². The monoisotopic (exact) mass is 261 g/mol. The Balaban J connectivity index is 3.20. The lowest BCUT2D eigenvalue weighted by molar-refractivity contribution is 0.411. The third-order valence-electron chi connectivity index (χ3n) is 2.15. The van der Waals surface area contributed by atoms with Crippen LogP contribution in [0, 0.1) is 5.82 Å². The molecule has 1 aromatic rings. The molecule has 0 aliphatic rings. The van der Waals surface area contributed by atoms with Crippen molar-refractivity contribution in [1.29, 1.82) is 0 Å². The highest BCUT2D eigenvalue weighted by atomic mass is 79.9. The summed E-state index contributed by atoms with van der Waals surface area (Å²) < 4.78 is 19.1. The maximum Gasteiger partial charge on any atom is 0.141 e. The van der Waals surface area contributed by atoms with E-state index in [1.165, 1.54) is 0 Å². The van der Waals surface area contributed by atoms with Crippen molar-refractivity contribution >= 4 is 15.9 Å². The molecule has 0 saturated carbocycles. The van der Waals surface area contributed by atoms with Crippen molar-refractivity contribution in [2.75, 3.05) is 13.7 Å². The van der Waals surface area contributed by atoms with E-state index in [1.54, 1.807) is 19.2 Å². The molecule has 1 atom stereocenters. The summed E-state index contributed by atoms with van der Waals surface area (Å²) in [6.45, 7) is 2.29. The number of hydrogen-bond donors (Lipinski definition) is 1. The van der Waals surface area contributed by atoms with Crippen LogP contribution in [0.4, 0.5) is 4.39 Å². The number of halogens is 2. The molecule has 1 unspecified atom stereocenters. The van der Waals surface area contributed by atoms with Crippen LogP contribution < -0.4 is 10.5 Å². The zero-order valence-corrected chi connectivity index (χ0v) is 9.77. The van der Waals surface area contributed by atoms with E-state index in [-0.39, 0.29) is 11.7 Å². The van der Waals surface area contributed by atoms with Crippen LogP contribution in [-0.2, 0) is 0 Å². The standard InChI is InChI=1S/C10H13BrFNO/c1-6(5-13)8-3-7(14-2)4-9(11)10(8)12/h3-4,6H,5,13H2,1-2H3. The molecular formula is C10H13BrFNO. The molecule has 2 nitrogen and oxygen atoms in total. The minimum Gasteiger partial charge on any atom is -0.497 e. The van der Waals surface area contributed by atoms with Gasteiger partial charge in [-0.3, -0.25) is 0 Å². The second-order valence-electron chi connectivity index (χ2n) is 3.15. The van der Waals surface area contributed by atoms with Crippen LogP contribution in [0.15, 0.2) is 16.6 Å². The van der Waals surface area contributed by atoms with Crippen molar-refractivity contribution < 1.29 is 9.13 Å². The van der Waals surface area contributed by atoms with Crippen molar-refractivity contribution in [3.8, 4) is 5.75 Å². The lowest BCUT2D eigenvalue weighted by Gasteiger charge is -2.12. The summed E-state index contributed by atoms with van der Waals surface area (Å²) in [5, 5.41) is 0. The molecule has 0 aliphatic carbocycles. The lowest BCUT2D eigenvalue weighted by atomic mass is 10.0. The third-order valence-corrected chi connectivity index (χ3v) is 2.73. The fourth-order valence-electron chi connectivity index (χ4n) is 1.19. The number of methoxy groups -OCH3 is 1. The maximum atomic E-state index is 13.6. The number of ether oxygens (including phenoxy) is 1. The van der Waals surface area contributed by atoms with Gasteiger partial charge in [-0.15, -0.1) is 0 Å². The molecule has 0 fully saturated rings. The van der Waals surface area contributed by atoms with Crippen LogP contribution >= 0.6 is 15.9 Å². The summed E-state index contributed by atoms with van der Waals surface area (Å²) in [6.07, 6.45) is 0. The molecule has 0 bridgehead atoms. The van der Waals surface area contributed by atoms with Crippen LogP contribution in [0.25, 0.3) is 0 Å². The molecule has 0 heterocycles. The minimum atomic E-state index is -0.260. The number of benzene rings is 1. The molecule has 1 aromatic carbocycles. The van der Waals surface area contributed by atoms with Gasteiger partial charge in [-0.1, -0.05) is 6.92 Å². The predicted molar refractivity (Wildman–Crippen MR) is 58.1 cm³/mol. The summed E-state index contributed by atoms with van der Waals surface area (Å²) in [7, 11) is 1.55. The molecule has 0 saturated heterocycles. The fourth-order valence-corrected chi connectivity index (χ4v) is 1.64. The van der Waals surface area contributed by atoms with Gasteiger partial charge < -0.3 is 10.5 Å². The maximum absolute atomic E-state index is 13.6. The molecular weight excluding hydrogens is 249 g/mol. The Morgan fingerprint density at radius 2 is 2.21 bits per heavy atom. The number of nitrogens with two attached hydrogens (primary N) is 1. The van der Waals surface area contributed by atoms with E-state index >= 15 is 0 Å². The van der Waals surface area contributed by atoms with E-state index < -0.39 is 0 Å². The van der Waals surface area contributed by atoms with Crippen LogP contribution in [0.2, 0.25) is 0 Å². The third kappa shape index (κ3) is 2.25. The average molecular weight is 262 g/mol. The van der Waals surface area contributed by atoms with Gasteiger partial charge in [-0.25, -0.2) is 4.39 Å². The Hall–Kier alpha value is -0.610. The summed E-state index contributed by atoms with van der Waals surface area (Å²) in [6, 6.07) is 3.28. The van der Waals surface area contributed by atoms with Gasteiger partial charge in [0.1, 0.15) is 11.6 Å². The molecule has 0 aliphatic heterocycles. The SMILES string of the molecule is COc1cc(Br)c(F)c(C(C)CN)c1. The van der Waals surface area contributed by atoms with E-state index in [0.29, 0.717) is 22.3 Å². The smallest absolute Gasteiger partial charge is 0.141 e. The summed E-state index contributed by atoms with van der Waals surface area (Å²) in [5.41, 5.74) is 6.07. The molecule has 0 amide bonds. The van der Waals surface area contributed by atoms with Gasteiger partial charge in [0.2, 0.25) is 0 Å². The van der Waals surface area contributed by atoms with E-state index in [9.17, 15) is 4.39 Å². The summed E-state index contributed by atoms with van der Waals surface area (Å²) in [4.78, 5) is 0. The first-order chi connectivity index (χ1) is 6.60. The van der Waals surface area contributed by atoms with E-state index in [0.717, 1.165) is 0 Å². The second kappa shape index (κ2) is 4.75. The Labute approximate surface area is 91.4 Å². The van der Waals surface area contributed by atoms with Gasteiger partial charge >= 0.3 is 0 Å². The fraction of sp³-hybridized carbons (Fsp3) is 0.400. The van der Waals surface area contributed by atoms with Crippen LogP contribution in [0.3, 0.4) is 0 Å². The Kier molecular flexibility index (Phi) is 3.89. The largest absolute Gasteiger partial charge is 0.497 e. The quantitative estimate of drug-likeness (QED) is 0.908. The minimum absolute atomic E-state index is 0.0126. The highest BCUT2D eigenvalue weighted by Crippen LogP contribution is 2.29. The predicted octanol–water partition coefficient (Wildman–Crippen LogP) is 2.66.